The van der Waals surface area contributed by atoms with Crippen molar-refractivity contribution in [2.45, 2.75) is 10.9 Å². The first-order valence-electron chi connectivity index (χ1n) is 8.68. The van der Waals surface area contributed by atoms with E-state index in [-0.39, 0.29) is 16.0 Å². The molecular weight excluding hydrogens is 406 g/mol. The zero-order chi connectivity index (χ0) is 19.4. The summed E-state index contributed by atoms with van der Waals surface area (Å²) in [7, 11) is -0.107. The van der Waals surface area contributed by atoms with E-state index in [1.807, 2.05) is 5.38 Å². The van der Waals surface area contributed by atoms with Crippen molar-refractivity contribution in [3.63, 3.8) is 0 Å². The second kappa shape index (κ2) is 8.89. The lowest BCUT2D eigenvalue weighted by molar-refractivity contribution is 0.113. The fourth-order valence-electron chi connectivity index (χ4n) is 3.15. The van der Waals surface area contributed by atoms with Gasteiger partial charge in [0, 0.05) is 44.8 Å². The first-order chi connectivity index (χ1) is 12.9. The Hall–Kier alpha value is -1.16. The molecule has 1 fully saturated rings. The molecule has 0 saturated carbocycles. The van der Waals surface area contributed by atoms with Gasteiger partial charge in [-0.1, -0.05) is 11.6 Å². The second-order valence-electron chi connectivity index (χ2n) is 6.56. The van der Waals surface area contributed by atoms with Crippen molar-refractivity contribution in [2.24, 2.45) is 0 Å². The minimum atomic E-state index is -3.72. The van der Waals surface area contributed by atoms with Crippen molar-refractivity contribution in [1.29, 1.82) is 0 Å². The lowest BCUT2D eigenvalue weighted by Gasteiger charge is -2.38. The van der Waals surface area contributed by atoms with Crippen LogP contribution in [0.5, 0.6) is 5.75 Å². The number of benzene rings is 1. The maximum absolute atomic E-state index is 12.8. The number of hydrogen-bond donors (Lipinski definition) is 1. The Kier molecular flexibility index (Phi) is 6.78. The maximum Gasteiger partial charge on any atom is 0.242 e. The van der Waals surface area contributed by atoms with E-state index in [0.29, 0.717) is 12.3 Å². The molecule has 1 unspecified atom stereocenters. The van der Waals surface area contributed by atoms with Gasteiger partial charge in [0.1, 0.15) is 10.6 Å². The molecule has 1 atom stereocenters. The van der Waals surface area contributed by atoms with Gasteiger partial charge in [-0.15, -0.1) is 0 Å². The molecule has 1 aliphatic rings. The Labute approximate surface area is 169 Å². The number of nitrogens with one attached hydrogen (secondary N) is 1. The van der Waals surface area contributed by atoms with Crippen LogP contribution in [-0.2, 0) is 10.0 Å². The lowest BCUT2D eigenvalue weighted by atomic mass is 10.1. The van der Waals surface area contributed by atoms with Crippen LogP contribution < -0.4 is 9.46 Å². The van der Waals surface area contributed by atoms with Crippen LogP contribution in [0.15, 0.2) is 39.9 Å². The number of sulfonamides is 1. The largest absolute Gasteiger partial charge is 0.497 e. The van der Waals surface area contributed by atoms with E-state index in [1.165, 1.54) is 19.2 Å². The zero-order valence-electron chi connectivity index (χ0n) is 15.4. The molecule has 0 spiro atoms. The molecule has 1 aromatic heterocycles. The van der Waals surface area contributed by atoms with Crippen molar-refractivity contribution in [1.82, 2.24) is 14.5 Å². The summed E-state index contributed by atoms with van der Waals surface area (Å²) in [6.07, 6.45) is 0. The molecule has 148 valence electrons. The van der Waals surface area contributed by atoms with E-state index in [2.05, 4.69) is 33.0 Å². The third kappa shape index (κ3) is 5.01. The third-order valence-electron chi connectivity index (χ3n) is 4.80. The molecule has 9 heteroatoms. The highest BCUT2D eigenvalue weighted by atomic mass is 35.5. The average Bonchev–Trinajstić information content (AvgIpc) is 3.17. The topological polar surface area (TPSA) is 61.9 Å². The minimum absolute atomic E-state index is 0.00301. The van der Waals surface area contributed by atoms with Gasteiger partial charge >= 0.3 is 0 Å². The number of ether oxygens (including phenoxy) is 1. The molecule has 3 rings (SSSR count). The molecule has 2 aromatic rings. The van der Waals surface area contributed by atoms with Crippen molar-refractivity contribution >= 4 is 33.0 Å². The van der Waals surface area contributed by atoms with Gasteiger partial charge < -0.3 is 9.64 Å². The second-order valence-corrected chi connectivity index (χ2v) is 9.48. The molecular formula is C18H24ClN3O3S2. The normalized spacial score (nSPS) is 17.7. The first-order valence-corrected chi connectivity index (χ1v) is 11.5. The van der Waals surface area contributed by atoms with Crippen LogP contribution in [0.2, 0.25) is 5.02 Å². The van der Waals surface area contributed by atoms with Crippen molar-refractivity contribution in [3.8, 4) is 5.75 Å². The number of hydrogen-bond acceptors (Lipinski definition) is 6. The summed E-state index contributed by atoms with van der Waals surface area (Å²) in [5.74, 6) is 0.521. The van der Waals surface area contributed by atoms with E-state index in [4.69, 9.17) is 16.3 Å². The standard InChI is InChI=1S/C18H24ClN3O3S2/c1-21-6-8-22(9-7-21)17(14-5-10-26-13-14)12-20-27(23,24)18-4-3-15(25-2)11-16(18)19/h3-5,10-11,13,17,20H,6-9,12H2,1-2H3. The van der Waals surface area contributed by atoms with Gasteiger partial charge in [-0.05, 0) is 41.6 Å². The Morgan fingerprint density at radius 2 is 2.00 bits per heavy atom. The van der Waals surface area contributed by atoms with Crippen LogP contribution in [0.3, 0.4) is 0 Å². The number of nitrogens with zero attached hydrogens (tertiary/aromatic N) is 2. The number of halogens is 1. The summed E-state index contributed by atoms with van der Waals surface area (Å²) in [6.45, 7) is 4.05. The molecule has 0 aliphatic carbocycles. The smallest absolute Gasteiger partial charge is 0.242 e. The van der Waals surface area contributed by atoms with Crippen LogP contribution in [0.25, 0.3) is 0 Å². The molecule has 1 saturated heterocycles. The summed E-state index contributed by atoms with van der Waals surface area (Å²) in [6, 6.07) is 6.63. The summed E-state index contributed by atoms with van der Waals surface area (Å²) < 4.78 is 33.4. The molecule has 0 radical (unpaired) electrons. The van der Waals surface area contributed by atoms with Gasteiger partial charge in [0.15, 0.2) is 0 Å². The highest BCUT2D eigenvalue weighted by Gasteiger charge is 2.27. The quantitative estimate of drug-likeness (QED) is 0.733. The van der Waals surface area contributed by atoms with Crippen LogP contribution in [0.1, 0.15) is 11.6 Å². The van der Waals surface area contributed by atoms with Crippen LogP contribution in [-0.4, -0.2) is 65.1 Å². The summed E-state index contributed by atoms with van der Waals surface area (Å²) in [5, 5.41) is 4.25. The lowest BCUT2D eigenvalue weighted by Crippen LogP contribution is -2.48. The van der Waals surface area contributed by atoms with Crippen molar-refractivity contribution in [2.75, 3.05) is 46.9 Å². The SMILES string of the molecule is COc1ccc(S(=O)(=O)NCC(c2ccsc2)N2CCN(C)CC2)c(Cl)c1. The number of methoxy groups -OCH3 is 1. The van der Waals surface area contributed by atoms with Gasteiger partial charge in [0.2, 0.25) is 10.0 Å². The van der Waals surface area contributed by atoms with E-state index >= 15 is 0 Å². The van der Waals surface area contributed by atoms with Gasteiger partial charge in [0.25, 0.3) is 0 Å². The van der Waals surface area contributed by atoms with Gasteiger partial charge in [0.05, 0.1) is 12.1 Å². The Morgan fingerprint density at radius 3 is 2.59 bits per heavy atom. The zero-order valence-corrected chi connectivity index (χ0v) is 17.8. The minimum Gasteiger partial charge on any atom is -0.497 e. The molecule has 0 bridgehead atoms. The summed E-state index contributed by atoms with van der Waals surface area (Å²) >= 11 is 7.78. The predicted molar refractivity (Wildman–Crippen MR) is 109 cm³/mol. The first kappa shape index (κ1) is 20.6. The average molecular weight is 430 g/mol. The number of thiophene rings is 1. The van der Waals surface area contributed by atoms with E-state index in [0.717, 1.165) is 31.7 Å². The van der Waals surface area contributed by atoms with Gasteiger partial charge in [-0.2, -0.15) is 11.3 Å². The van der Waals surface area contributed by atoms with E-state index in [1.54, 1.807) is 17.4 Å². The number of likely N-dealkylation sites (N-methyl/N-ethyl adjacent to an activating group) is 1. The maximum atomic E-state index is 12.8. The number of rotatable bonds is 7. The van der Waals surface area contributed by atoms with Crippen LogP contribution >= 0.6 is 22.9 Å². The van der Waals surface area contributed by atoms with Crippen LogP contribution in [0, 0.1) is 0 Å². The van der Waals surface area contributed by atoms with Gasteiger partial charge in [-0.25, -0.2) is 13.1 Å². The molecule has 0 amide bonds. The molecule has 27 heavy (non-hydrogen) atoms. The number of piperazine rings is 1. The fourth-order valence-corrected chi connectivity index (χ4v) is 5.43. The molecule has 1 aromatic carbocycles. The van der Waals surface area contributed by atoms with Crippen LogP contribution in [0.4, 0.5) is 0 Å². The van der Waals surface area contributed by atoms with E-state index < -0.39 is 10.0 Å². The molecule has 1 aliphatic heterocycles. The Balaban J connectivity index is 1.76. The summed E-state index contributed by atoms with van der Waals surface area (Å²) in [5.41, 5.74) is 1.13. The third-order valence-corrected chi connectivity index (χ3v) is 7.41. The van der Waals surface area contributed by atoms with Gasteiger partial charge in [-0.3, -0.25) is 4.90 Å². The van der Waals surface area contributed by atoms with Crippen molar-refractivity contribution < 1.29 is 13.2 Å². The Bertz CT molecular complexity index is 851. The highest BCUT2D eigenvalue weighted by Crippen LogP contribution is 2.28. The molecule has 2 heterocycles. The molecule has 6 nitrogen and oxygen atoms in total. The van der Waals surface area contributed by atoms with Crippen molar-refractivity contribution in [3.05, 3.63) is 45.6 Å². The highest BCUT2D eigenvalue weighted by molar-refractivity contribution is 7.89. The summed E-state index contributed by atoms with van der Waals surface area (Å²) in [4.78, 5) is 4.68. The van der Waals surface area contributed by atoms with E-state index in [9.17, 15) is 8.42 Å². The fraction of sp³-hybridized carbons (Fsp3) is 0.444. The predicted octanol–water partition coefficient (Wildman–Crippen LogP) is 2.68. The monoisotopic (exact) mass is 429 g/mol. The Morgan fingerprint density at radius 1 is 1.26 bits per heavy atom. The molecule has 1 N–H and O–H groups in total.